The predicted octanol–water partition coefficient (Wildman–Crippen LogP) is 1.97. The average Bonchev–Trinajstić information content (AvgIpc) is 2.94. The molecule has 0 aliphatic rings. The van der Waals surface area contributed by atoms with Crippen molar-refractivity contribution in [3.05, 3.63) is 41.7 Å². The summed E-state index contributed by atoms with van der Waals surface area (Å²) in [5.74, 6) is -0.182. The standard InChI is InChI=1S/C14H18N4O/c1-3-9-15-14(19)13-10-18(17-16-13)12-7-5-11(4-2)6-8-12/h5-8,10H,3-4,9H2,1-2H3,(H,15,19). The van der Waals surface area contributed by atoms with Crippen LogP contribution in [0.1, 0.15) is 36.3 Å². The van der Waals surface area contributed by atoms with Crippen LogP contribution in [0.4, 0.5) is 0 Å². The molecule has 0 saturated carbocycles. The molecule has 5 nitrogen and oxygen atoms in total. The number of rotatable bonds is 5. The third-order valence-corrected chi connectivity index (χ3v) is 2.87. The van der Waals surface area contributed by atoms with Gasteiger partial charge in [0.25, 0.3) is 5.91 Å². The van der Waals surface area contributed by atoms with Crippen molar-refractivity contribution in [1.82, 2.24) is 20.3 Å². The van der Waals surface area contributed by atoms with Crippen LogP contribution in [0, 0.1) is 0 Å². The molecule has 2 aromatic rings. The van der Waals surface area contributed by atoms with Crippen LogP contribution in [0.3, 0.4) is 0 Å². The number of carbonyl (C=O) groups excluding carboxylic acids is 1. The molecule has 0 radical (unpaired) electrons. The van der Waals surface area contributed by atoms with Gasteiger partial charge in [0.05, 0.1) is 11.9 Å². The molecule has 0 aliphatic heterocycles. The summed E-state index contributed by atoms with van der Waals surface area (Å²) >= 11 is 0. The van der Waals surface area contributed by atoms with E-state index in [0.29, 0.717) is 12.2 Å². The molecule has 1 aromatic heterocycles. The summed E-state index contributed by atoms with van der Waals surface area (Å²) in [4.78, 5) is 11.7. The maximum absolute atomic E-state index is 11.7. The van der Waals surface area contributed by atoms with E-state index in [1.54, 1.807) is 10.9 Å². The van der Waals surface area contributed by atoms with Crippen LogP contribution in [-0.2, 0) is 6.42 Å². The molecule has 19 heavy (non-hydrogen) atoms. The Morgan fingerprint density at radius 2 is 2.00 bits per heavy atom. The molecule has 0 bridgehead atoms. The van der Waals surface area contributed by atoms with Gasteiger partial charge in [-0.1, -0.05) is 31.2 Å². The van der Waals surface area contributed by atoms with E-state index in [-0.39, 0.29) is 5.91 Å². The normalized spacial score (nSPS) is 10.4. The van der Waals surface area contributed by atoms with Gasteiger partial charge in [0.15, 0.2) is 5.69 Å². The molecule has 1 aromatic carbocycles. The van der Waals surface area contributed by atoms with Gasteiger partial charge in [-0.25, -0.2) is 4.68 Å². The lowest BCUT2D eigenvalue weighted by molar-refractivity contribution is 0.0948. The van der Waals surface area contributed by atoms with Crippen molar-refractivity contribution in [1.29, 1.82) is 0 Å². The molecule has 1 N–H and O–H groups in total. The SMILES string of the molecule is CCCNC(=O)c1cn(-c2ccc(CC)cc2)nn1. The molecular formula is C14H18N4O. The smallest absolute Gasteiger partial charge is 0.273 e. The number of amides is 1. The van der Waals surface area contributed by atoms with Crippen molar-refractivity contribution in [3.63, 3.8) is 0 Å². The highest BCUT2D eigenvalue weighted by atomic mass is 16.2. The van der Waals surface area contributed by atoms with Crippen molar-refractivity contribution in [2.24, 2.45) is 0 Å². The van der Waals surface area contributed by atoms with Gasteiger partial charge in [-0.05, 0) is 30.5 Å². The summed E-state index contributed by atoms with van der Waals surface area (Å²) in [6, 6.07) is 8.05. The molecule has 2 rings (SSSR count). The zero-order valence-electron chi connectivity index (χ0n) is 11.3. The number of nitrogens with one attached hydrogen (secondary N) is 1. The van der Waals surface area contributed by atoms with Gasteiger partial charge in [0, 0.05) is 6.54 Å². The monoisotopic (exact) mass is 258 g/mol. The number of hydrogen-bond acceptors (Lipinski definition) is 3. The lowest BCUT2D eigenvalue weighted by Crippen LogP contribution is -2.24. The van der Waals surface area contributed by atoms with E-state index >= 15 is 0 Å². The number of aromatic nitrogens is 3. The second-order valence-electron chi connectivity index (χ2n) is 4.32. The molecule has 0 aliphatic carbocycles. The molecule has 0 atom stereocenters. The van der Waals surface area contributed by atoms with Crippen LogP contribution < -0.4 is 5.32 Å². The fourth-order valence-electron chi connectivity index (χ4n) is 1.71. The summed E-state index contributed by atoms with van der Waals surface area (Å²) in [6.07, 6.45) is 3.55. The third kappa shape index (κ3) is 3.19. The Hall–Kier alpha value is -2.17. The van der Waals surface area contributed by atoms with Crippen molar-refractivity contribution >= 4 is 5.91 Å². The highest BCUT2D eigenvalue weighted by molar-refractivity contribution is 5.91. The molecule has 0 unspecified atom stereocenters. The first-order chi connectivity index (χ1) is 9.24. The number of carbonyl (C=O) groups is 1. The highest BCUT2D eigenvalue weighted by Gasteiger charge is 2.10. The van der Waals surface area contributed by atoms with Gasteiger partial charge in [-0.15, -0.1) is 5.10 Å². The molecular weight excluding hydrogens is 240 g/mol. The second-order valence-corrected chi connectivity index (χ2v) is 4.32. The Morgan fingerprint density at radius 3 is 2.63 bits per heavy atom. The minimum absolute atomic E-state index is 0.182. The van der Waals surface area contributed by atoms with E-state index in [1.807, 2.05) is 31.2 Å². The number of hydrogen-bond donors (Lipinski definition) is 1. The largest absolute Gasteiger partial charge is 0.351 e. The fourth-order valence-corrected chi connectivity index (χ4v) is 1.71. The molecule has 1 amide bonds. The van der Waals surface area contributed by atoms with Crippen LogP contribution in [0.25, 0.3) is 5.69 Å². The van der Waals surface area contributed by atoms with E-state index in [9.17, 15) is 4.79 Å². The lowest BCUT2D eigenvalue weighted by atomic mass is 10.1. The summed E-state index contributed by atoms with van der Waals surface area (Å²) in [7, 11) is 0. The Morgan fingerprint density at radius 1 is 1.26 bits per heavy atom. The van der Waals surface area contributed by atoms with Crippen LogP contribution in [0.2, 0.25) is 0 Å². The van der Waals surface area contributed by atoms with Crippen LogP contribution in [0.15, 0.2) is 30.5 Å². The first kappa shape index (κ1) is 13.3. The first-order valence-electron chi connectivity index (χ1n) is 6.54. The topological polar surface area (TPSA) is 59.8 Å². The maximum Gasteiger partial charge on any atom is 0.273 e. The summed E-state index contributed by atoms with van der Waals surface area (Å²) in [5, 5.41) is 10.6. The van der Waals surface area contributed by atoms with Crippen LogP contribution in [-0.4, -0.2) is 27.4 Å². The van der Waals surface area contributed by atoms with Gasteiger partial charge in [0.2, 0.25) is 0 Å². The Bertz CT molecular complexity index is 545. The number of nitrogens with zero attached hydrogens (tertiary/aromatic N) is 3. The summed E-state index contributed by atoms with van der Waals surface area (Å²) in [6.45, 7) is 4.77. The van der Waals surface area contributed by atoms with E-state index in [1.165, 1.54) is 5.56 Å². The van der Waals surface area contributed by atoms with Gasteiger partial charge in [-0.2, -0.15) is 0 Å². The predicted molar refractivity (Wildman–Crippen MR) is 73.4 cm³/mol. The van der Waals surface area contributed by atoms with Gasteiger partial charge in [-0.3, -0.25) is 4.79 Å². The lowest BCUT2D eigenvalue weighted by Gasteiger charge is -2.01. The van der Waals surface area contributed by atoms with Crippen molar-refractivity contribution < 1.29 is 4.79 Å². The first-order valence-corrected chi connectivity index (χ1v) is 6.54. The van der Waals surface area contributed by atoms with E-state index in [4.69, 9.17) is 0 Å². The van der Waals surface area contributed by atoms with Crippen molar-refractivity contribution in [2.45, 2.75) is 26.7 Å². The molecule has 100 valence electrons. The van der Waals surface area contributed by atoms with Gasteiger partial charge >= 0.3 is 0 Å². The second kappa shape index (κ2) is 6.13. The summed E-state index contributed by atoms with van der Waals surface area (Å²) < 4.78 is 1.61. The molecule has 1 heterocycles. The van der Waals surface area contributed by atoms with Gasteiger partial charge < -0.3 is 5.32 Å². The Balaban J connectivity index is 2.13. The Kier molecular flexibility index (Phi) is 4.28. The quantitative estimate of drug-likeness (QED) is 0.892. The number of aryl methyl sites for hydroxylation is 1. The van der Waals surface area contributed by atoms with E-state index < -0.39 is 0 Å². The number of benzene rings is 1. The molecule has 0 fully saturated rings. The van der Waals surface area contributed by atoms with Crippen LogP contribution in [0.5, 0.6) is 0 Å². The average molecular weight is 258 g/mol. The third-order valence-electron chi connectivity index (χ3n) is 2.87. The molecule has 0 spiro atoms. The highest BCUT2D eigenvalue weighted by Crippen LogP contribution is 2.09. The Labute approximate surface area is 112 Å². The zero-order valence-corrected chi connectivity index (χ0v) is 11.3. The minimum atomic E-state index is -0.182. The van der Waals surface area contributed by atoms with E-state index in [0.717, 1.165) is 18.5 Å². The minimum Gasteiger partial charge on any atom is -0.351 e. The van der Waals surface area contributed by atoms with E-state index in [2.05, 4.69) is 22.6 Å². The maximum atomic E-state index is 11.7. The zero-order chi connectivity index (χ0) is 13.7. The summed E-state index contributed by atoms with van der Waals surface area (Å²) in [5.41, 5.74) is 2.51. The molecule has 0 saturated heterocycles. The van der Waals surface area contributed by atoms with Gasteiger partial charge in [0.1, 0.15) is 0 Å². The van der Waals surface area contributed by atoms with Crippen molar-refractivity contribution in [3.8, 4) is 5.69 Å². The molecule has 5 heteroatoms. The van der Waals surface area contributed by atoms with Crippen molar-refractivity contribution in [2.75, 3.05) is 6.54 Å². The fraction of sp³-hybridized carbons (Fsp3) is 0.357. The van der Waals surface area contributed by atoms with Crippen LogP contribution >= 0.6 is 0 Å².